The molecule has 0 saturated heterocycles. The van der Waals surface area contributed by atoms with E-state index in [2.05, 4.69) is 52.1 Å². The number of nitrogens with zero attached hydrogens (tertiary/aromatic N) is 3. The lowest BCUT2D eigenvalue weighted by Gasteiger charge is -2.18. The Morgan fingerprint density at radius 2 is 1.85 bits per heavy atom. The van der Waals surface area contributed by atoms with Crippen LogP contribution >= 0.6 is 0 Å². The van der Waals surface area contributed by atoms with Crippen molar-refractivity contribution in [2.45, 2.75) is 33.4 Å². The SMILES string of the molecule is COC(=O)Cn1ccc(-c2ccc3nc(C)nc(N[C@H](C)c4cccc(C)c4)c3c2)cc1=O. The minimum Gasteiger partial charge on any atom is -0.468 e. The second-order valence-electron chi connectivity index (χ2n) is 8.09. The third-order valence-electron chi connectivity index (χ3n) is 5.56. The molecule has 2 heterocycles. The maximum Gasteiger partial charge on any atom is 0.325 e. The molecule has 2 aromatic heterocycles. The van der Waals surface area contributed by atoms with E-state index in [0.29, 0.717) is 5.82 Å². The van der Waals surface area contributed by atoms with Gasteiger partial charge in [-0.1, -0.05) is 35.9 Å². The summed E-state index contributed by atoms with van der Waals surface area (Å²) in [6, 6.07) is 17.6. The summed E-state index contributed by atoms with van der Waals surface area (Å²) < 4.78 is 5.96. The minimum atomic E-state index is -0.471. The fourth-order valence-corrected chi connectivity index (χ4v) is 3.78. The molecular formula is C26H26N4O3. The maximum atomic E-state index is 12.5. The molecule has 0 bridgehead atoms. The number of methoxy groups -OCH3 is 1. The summed E-state index contributed by atoms with van der Waals surface area (Å²) in [4.78, 5) is 33.2. The minimum absolute atomic E-state index is 0.0494. The molecule has 4 aromatic rings. The monoisotopic (exact) mass is 442 g/mol. The van der Waals surface area contributed by atoms with Crippen LogP contribution in [0.2, 0.25) is 0 Å². The molecule has 33 heavy (non-hydrogen) atoms. The Morgan fingerprint density at radius 1 is 1.06 bits per heavy atom. The molecule has 0 aliphatic rings. The second kappa shape index (κ2) is 9.24. The van der Waals surface area contributed by atoms with Gasteiger partial charge < -0.3 is 14.6 Å². The van der Waals surface area contributed by atoms with E-state index in [0.717, 1.165) is 27.8 Å². The first-order chi connectivity index (χ1) is 15.8. The van der Waals surface area contributed by atoms with Crippen LogP contribution < -0.4 is 10.9 Å². The number of nitrogens with one attached hydrogen (secondary N) is 1. The molecule has 0 unspecified atom stereocenters. The van der Waals surface area contributed by atoms with Gasteiger partial charge in [0.1, 0.15) is 18.2 Å². The van der Waals surface area contributed by atoms with Crippen LogP contribution in [0.4, 0.5) is 5.82 Å². The predicted molar refractivity (Wildman–Crippen MR) is 129 cm³/mol. The summed E-state index contributed by atoms with van der Waals surface area (Å²) in [6.07, 6.45) is 1.60. The van der Waals surface area contributed by atoms with E-state index < -0.39 is 5.97 Å². The summed E-state index contributed by atoms with van der Waals surface area (Å²) in [7, 11) is 1.30. The number of benzene rings is 2. The van der Waals surface area contributed by atoms with Crippen molar-refractivity contribution in [3.05, 3.63) is 88.1 Å². The molecule has 0 fully saturated rings. The number of aryl methyl sites for hydroxylation is 2. The summed E-state index contributed by atoms with van der Waals surface area (Å²) >= 11 is 0. The summed E-state index contributed by atoms with van der Waals surface area (Å²) in [6.45, 7) is 5.93. The number of carbonyl (C=O) groups is 1. The number of aromatic nitrogens is 3. The Labute approximate surface area is 192 Å². The van der Waals surface area contributed by atoms with E-state index in [4.69, 9.17) is 0 Å². The van der Waals surface area contributed by atoms with E-state index in [1.807, 2.05) is 37.3 Å². The molecule has 0 aliphatic heterocycles. The van der Waals surface area contributed by atoms with E-state index in [1.165, 1.54) is 28.9 Å². The van der Waals surface area contributed by atoms with E-state index >= 15 is 0 Å². The van der Waals surface area contributed by atoms with Crippen LogP contribution in [0, 0.1) is 13.8 Å². The molecule has 0 amide bonds. The molecule has 2 aromatic carbocycles. The Morgan fingerprint density at radius 3 is 2.58 bits per heavy atom. The highest BCUT2D eigenvalue weighted by Gasteiger charge is 2.13. The molecule has 0 radical (unpaired) electrons. The van der Waals surface area contributed by atoms with E-state index in [-0.39, 0.29) is 18.1 Å². The zero-order valence-corrected chi connectivity index (χ0v) is 19.1. The highest BCUT2D eigenvalue weighted by molar-refractivity contribution is 5.92. The number of hydrogen-bond donors (Lipinski definition) is 1. The fraction of sp³-hybridized carbons (Fsp3) is 0.231. The molecule has 0 aliphatic carbocycles. The number of fused-ring (bicyclic) bond motifs is 1. The smallest absolute Gasteiger partial charge is 0.325 e. The molecule has 1 N–H and O–H groups in total. The summed E-state index contributed by atoms with van der Waals surface area (Å²) in [5.74, 6) is 0.952. The van der Waals surface area contributed by atoms with Gasteiger partial charge in [0.2, 0.25) is 0 Å². The van der Waals surface area contributed by atoms with Crippen molar-refractivity contribution in [1.82, 2.24) is 14.5 Å². The first-order valence-electron chi connectivity index (χ1n) is 10.7. The molecule has 7 heteroatoms. The number of carbonyl (C=O) groups excluding carboxylic acids is 1. The van der Waals surface area contributed by atoms with Gasteiger partial charge in [-0.2, -0.15) is 0 Å². The topological polar surface area (TPSA) is 86.1 Å². The third kappa shape index (κ3) is 4.92. The Hall–Kier alpha value is -4.00. The average Bonchev–Trinajstić information content (AvgIpc) is 2.80. The first-order valence-corrected chi connectivity index (χ1v) is 10.7. The second-order valence-corrected chi connectivity index (χ2v) is 8.09. The number of rotatable bonds is 6. The molecule has 168 valence electrons. The average molecular weight is 443 g/mol. The van der Waals surface area contributed by atoms with Crippen molar-refractivity contribution in [3.63, 3.8) is 0 Å². The molecule has 7 nitrogen and oxygen atoms in total. The van der Waals surface area contributed by atoms with Crippen molar-refractivity contribution in [2.75, 3.05) is 12.4 Å². The number of esters is 1. The number of hydrogen-bond acceptors (Lipinski definition) is 6. The van der Waals surface area contributed by atoms with Crippen molar-refractivity contribution < 1.29 is 9.53 Å². The Bertz CT molecular complexity index is 1390. The highest BCUT2D eigenvalue weighted by Crippen LogP contribution is 2.29. The van der Waals surface area contributed by atoms with Crippen LogP contribution in [0.3, 0.4) is 0 Å². The maximum absolute atomic E-state index is 12.5. The van der Waals surface area contributed by atoms with Gasteiger partial charge in [0, 0.05) is 23.7 Å². The lowest BCUT2D eigenvalue weighted by atomic mass is 10.0. The molecule has 0 spiro atoms. The van der Waals surface area contributed by atoms with E-state index in [9.17, 15) is 9.59 Å². The van der Waals surface area contributed by atoms with Crippen LogP contribution in [0.15, 0.2) is 65.6 Å². The zero-order chi connectivity index (χ0) is 23.5. The molecular weight excluding hydrogens is 416 g/mol. The van der Waals surface area contributed by atoms with Crippen LogP contribution in [-0.2, 0) is 16.1 Å². The van der Waals surface area contributed by atoms with Crippen molar-refractivity contribution in [1.29, 1.82) is 0 Å². The van der Waals surface area contributed by atoms with Crippen molar-refractivity contribution in [3.8, 4) is 11.1 Å². The molecule has 0 saturated carbocycles. The van der Waals surface area contributed by atoms with Crippen molar-refractivity contribution in [2.24, 2.45) is 0 Å². The van der Waals surface area contributed by atoms with Gasteiger partial charge in [-0.15, -0.1) is 0 Å². The van der Waals surface area contributed by atoms with Gasteiger partial charge >= 0.3 is 5.97 Å². The predicted octanol–water partition coefficient (Wildman–Crippen LogP) is 4.42. The van der Waals surface area contributed by atoms with Gasteiger partial charge in [-0.25, -0.2) is 9.97 Å². The van der Waals surface area contributed by atoms with Crippen LogP contribution in [0.25, 0.3) is 22.0 Å². The number of ether oxygens (including phenoxy) is 1. The first kappa shape index (κ1) is 22.2. The van der Waals surface area contributed by atoms with Crippen LogP contribution in [0.1, 0.15) is 29.9 Å². The zero-order valence-electron chi connectivity index (χ0n) is 19.1. The van der Waals surface area contributed by atoms with Gasteiger partial charge in [0.15, 0.2) is 0 Å². The standard InChI is InChI=1S/C26H26N4O3/c1-16-6-5-7-19(12-16)17(2)27-26-22-13-20(8-9-23(22)28-18(3)29-26)21-10-11-30(24(31)14-21)15-25(32)33-4/h5-14,17H,15H2,1-4H3,(H,27,28,29)/t17-/m1/s1. The largest absolute Gasteiger partial charge is 0.468 e. The lowest BCUT2D eigenvalue weighted by Crippen LogP contribution is -2.23. The fourth-order valence-electron chi connectivity index (χ4n) is 3.78. The number of anilines is 1. The van der Waals surface area contributed by atoms with Crippen LogP contribution in [0.5, 0.6) is 0 Å². The van der Waals surface area contributed by atoms with Gasteiger partial charge in [0.25, 0.3) is 5.56 Å². The normalized spacial score (nSPS) is 11.9. The van der Waals surface area contributed by atoms with Gasteiger partial charge in [-0.3, -0.25) is 9.59 Å². The van der Waals surface area contributed by atoms with Crippen LogP contribution in [-0.4, -0.2) is 27.6 Å². The third-order valence-corrected chi connectivity index (χ3v) is 5.56. The highest BCUT2D eigenvalue weighted by atomic mass is 16.5. The lowest BCUT2D eigenvalue weighted by molar-refractivity contribution is -0.141. The molecule has 1 atom stereocenters. The molecule has 4 rings (SSSR count). The van der Waals surface area contributed by atoms with Gasteiger partial charge in [-0.05, 0) is 55.7 Å². The van der Waals surface area contributed by atoms with Crippen molar-refractivity contribution >= 4 is 22.7 Å². The quantitative estimate of drug-likeness (QED) is 0.445. The van der Waals surface area contributed by atoms with Gasteiger partial charge in [0.05, 0.1) is 12.6 Å². The summed E-state index contributed by atoms with van der Waals surface area (Å²) in [5.41, 5.74) is 4.54. The summed E-state index contributed by atoms with van der Waals surface area (Å²) in [5, 5.41) is 4.40. The van der Waals surface area contributed by atoms with E-state index in [1.54, 1.807) is 6.20 Å². The number of pyridine rings is 1. The Kier molecular flexibility index (Phi) is 6.22. The Balaban J connectivity index is 1.71.